The molecule has 9 nitrogen and oxygen atoms in total. The van der Waals surface area contributed by atoms with Crippen LogP contribution in [0.3, 0.4) is 0 Å². The third-order valence-electron chi connectivity index (χ3n) is 7.83. The number of aryl methyl sites for hydroxylation is 3. The third kappa shape index (κ3) is 5.82. The first-order valence-electron chi connectivity index (χ1n) is 14.3. The van der Waals surface area contributed by atoms with E-state index in [0.717, 1.165) is 21.3 Å². The number of alkyl halides is 3. The molecule has 4 heterocycles. The number of halogens is 3. The normalized spacial score (nSPS) is 12.2. The van der Waals surface area contributed by atoms with Crippen LogP contribution in [0.25, 0.3) is 44.4 Å². The van der Waals surface area contributed by atoms with Gasteiger partial charge in [-0.15, -0.1) is 13.2 Å². The largest absolute Gasteiger partial charge is 0.504 e. The summed E-state index contributed by atoms with van der Waals surface area (Å²) in [4.78, 5) is 27.1. The Kier molecular flexibility index (Phi) is 8.26. The molecule has 2 aromatic carbocycles. The summed E-state index contributed by atoms with van der Waals surface area (Å²) in [6.07, 6.45) is 1.87. The second-order valence-corrected chi connectivity index (χ2v) is 13.7. The number of fused-ring (bicyclic) bond motifs is 1. The lowest BCUT2D eigenvalue weighted by molar-refractivity contribution is -0.212. The topological polar surface area (TPSA) is 101 Å². The molecule has 4 aromatic heterocycles. The number of hydrogen-bond acceptors (Lipinski definition) is 6. The summed E-state index contributed by atoms with van der Waals surface area (Å²) in [6.45, 7) is 2.22. The van der Waals surface area contributed by atoms with Gasteiger partial charge in [-0.1, -0.05) is 48.0 Å². The second kappa shape index (κ2) is 12.1. The van der Waals surface area contributed by atoms with Gasteiger partial charge in [-0.2, -0.15) is 21.5 Å². The van der Waals surface area contributed by atoms with E-state index in [1.165, 1.54) is 42.1 Å². The van der Waals surface area contributed by atoms with Gasteiger partial charge in [0.15, 0.2) is 0 Å². The Balaban J connectivity index is 1.74. The van der Waals surface area contributed by atoms with Crippen molar-refractivity contribution >= 4 is 32.7 Å². The maximum absolute atomic E-state index is 14.3. The summed E-state index contributed by atoms with van der Waals surface area (Å²) in [6, 6.07) is 18.0. The van der Waals surface area contributed by atoms with E-state index < -0.39 is 21.9 Å². The number of thioether (sulfide) groups is 1. The zero-order valence-electron chi connectivity index (χ0n) is 25.4. The van der Waals surface area contributed by atoms with Crippen LogP contribution in [0.4, 0.5) is 13.2 Å². The minimum atomic E-state index is -4.86. The van der Waals surface area contributed by atoms with Crippen LogP contribution in [-0.4, -0.2) is 43.3 Å². The highest BCUT2D eigenvalue weighted by molar-refractivity contribution is 7.98. The Hall–Kier alpha value is -4.82. The van der Waals surface area contributed by atoms with Gasteiger partial charge >= 0.3 is 6.30 Å². The molecule has 0 N–H and O–H groups in total. The number of nitrogens with zero attached hydrogens (tertiary/aromatic N) is 5. The van der Waals surface area contributed by atoms with Gasteiger partial charge in [-0.05, 0) is 42.5 Å². The fraction of sp³-hybridized carbons (Fsp3) is 0.182. The number of pyridine rings is 2. The molecule has 0 saturated heterocycles. The predicted octanol–water partition coefficient (Wildman–Crippen LogP) is 6.08. The van der Waals surface area contributed by atoms with Gasteiger partial charge in [0.2, 0.25) is 0 Å². The Morgan fingerprint density at radius 2 is 1.57 bits per heavy atom. The van der Waals surface area contributed by atoms with Crippen LogP contribution in [0, 0.1) is 6.92 Å². The zero-order chi connectivity index (χ0) is 33.7. The Labute approximate surface area is 271 Å². The van der Waals surface area contributed by atoms with Crippen molar-refractivity contribution in [3.05, 3.63) is 118 Å². The second-order valence-electron chi connectivity index (χ2n) is 11.0. The van der Waals surface area contributed by atoms with Crippen molar-refractivity contribution in [2.75, 3.05) is 12.0 Å². The van der Waals surface area contributed by atoms with Gasteiger partial charge in [0.05, 0.1) is 16.8 Å². The molecular weight excluding hydrogens is 652 g/mol. The first-order chi connectivity index (χ1) is 22.3. The molecular formula is C33H28F3N5O4S2. The van der Waals surface area contributed by atoms with E-state index in [1.54, 1.807) is 41.6 Å². The monoisotopic (exact) mass is 679 g/mol. The van der Waals surface area contributed by atoms with Crippen LogP contribution in [0.1, 0.15) is 5.56 Å². The first kappa shape index (κ1) is 32.1. The molecule has 0 aliphatic carbocycles. The van der Waals surface area contributed by atoms with Gasteiger partial charge < -0.3 is 9.13 Å². The highest BCUT2D eigenvalue weighted by Gasteiger charge is 2.34. The van der Waals surface area contributed by atoms with Crippen molar-refractivity contribution in [3.63, 3.8) is 0 Å². The highest BCUT2D eigenvalue weighted by Crippen LogP contribution is 2.39. The van der Waals surface area contributed by atoms with Gasteiger partial charge in [-0.3, -0.25) is 9.59 Å². The van der Waals surface area contributed by atoms with Crippen LogP contribution in [0.5, 0.6) is 0 Å². The molecule has 0 amide bonds. The molecule has 0 saturated carbocycles. The van der Waals surface area contributed by atoms with E-state index in [0.29, 0.717) is 35.2 Å². The zero-order valence-corrected chi connectivity index (χ0v) is 27.0. The lowest BCUT2D eigenvalue weighted by atomic mass is 9.95. The molecule has 0 aliphatic rings. The lowest BCUT2D eigenvalue weighted by Crippen LogP contribution is -2.24. The average molecular weight is 680 g/mol. The molecule has 0 bridgehead atoms. The van der Waals surface area contributed by atoms with Crippen molar-refractivity contribution in [3.8, 4) is 33.5 Å². The van der Waals surface area contributed by atoms with E-state index in [4.69, 9.17) is 0 Å². The number of rotatable bonds is 8. The fourth-order valence-corrected chi connectivity index (χ4v) is 7.38. The van der Waals surface area contributed by atoms with E-state index in [2.05, 4.69) is 5.10 Å². The minimum Gasteiger partial charge on any atom is -0.316 e. The Morgan fingerprint density at radius 1 is 0.872 bits per heavy atom. The number of benzene rings is 2. The fourth-order valence-electron chi connectivity index (χ4n) is 5.47. The minimum absolute atomic E-state index is 0.136. The molecule has 14 heteroatoms. The average Bonchev–Trinajstić information content (AvgIpc) is 3.70. The van der Waals surface area contributed by atoms with Crippen LogP contribution in [0.15, 0.2) is 106 Å². The van der Waals surface area contributed by atoms with Gasteiger partial charge in [0, 0.05) is 66.1 Å². The summed E-state index contributed by atoms with van der Waals surface area (Å²) >= 11 is 1.58. The molecule has 0 aliphatic heterocycles. The maximum Gasteiger partial charge on any atom is 0.504 e. The van der Waals surface area contributed by atoms with Crippen LogP contribution in [-0.2, 0) is 29.9 Å². The molecule has 0 atom stereocenters. The van der Waals surface area contributed by atoms with Crippen molar-refractivity contribution in [1.29, 1.82) is 0 Å². The summed E-state index contributed by atoms with van der Waals surface area (Å²) in [7, 11) is -3.10. The standard InChI is InChI=1S/C33H28F3N5O4S2/c1-21-9-11-24(12-10-21)47(44,45)41-29(23-17-37-40(18-23)33(34,35)36)15-26-28(19-38(2)32(43)31(26)41)25-16-30(42)39(13-14-46-3)20-27(25)22-7-5-4-6-8-22/h4-12,15-20H,13-14H2,1-3H3. The van der Waals surface area contributed by atoms with Crippen LogP contribution < -0.4 is 11.1 Å². The molecule has 0 unspecified atom stereocenters. The van der Waals surface area contributed by atoms with Crippen molar-refractivity contribution in [2.45, 2.75) is 24.7 Å². The summed E-state index contributed by atoms with van der Waals surface area (Å²) in [5, 5.41) is 3.55. The van der Waals surface area contributed by atoms with Crippen molar-refractivity contribution in [2.24, 2.45) is 7.05 Å². The molecule has 47 heavy (non-hydrogen) atoms. The maximum atomic E-state index is 14.3. The van der Waals surface area contributed by atoms with E-state index in [-0.39, 0.29) is 37.3 Å². The third-order valence-corrected chi connectivity index (χ3v) is 10.1. The summed E-state index contributed by atoms with van der Waals surface area (Å²) < 4.78 is 72.8. The molecule has 242 valence electrons. The van der Waals surface area contributed by atoms with E-state index in [9.17, 15) is 31.2 Å². The van der Waals surface area contributed by atoms with E-state index >= 15 is 0 Å². The van der Waals surface area contributed by atoms with Crippen molar-refractivity contribution in [1.82, 2.24) is 22.9 Å². The van der Waals surface area contributed by atoms with Crippen LogP contribution >= 0.6 is 11.8 Å². The predicted molar refractivity (Wildman–Crippen MR) is 177 cm³/mol. The van der Waals surface area contributed by atoms with Gasteiger partial charge in [0.25, 0.3) is 21.1 Å². The van der Waals surface area contributed by atoms with Crippen molar-refractivity contribution < 1.29 is 21.6 Å². The summed E-state index contributed by atoms with van der Waals surface area (Å²) in [5.41, 5.74) is 1.28. The number of aromatic nitrogens is 5. The van der Waals surface area contributed by atoms with Gasteiger partial charge in [-0.25, -0.2) is 12.4 Å². The Bertz CT molecular complexity index is 2360. The molecule has 0 spiro atoms. The quantitative estimate of drug-likeness (QED) is 0.193. The molecule has 0 radical (unpaired) electrons. The summed E-state index contributed by atoms with van der Waals surface area (Å²) in [5.74, 6) is 0.687. The molecule has 6 rings (SSSR count). The van der Waals surface area contributed by atoms with Gasteiger partial charge in [0.1, 0.15) is 5.52 Å². The van der Waals surface area contributed by atoms with E-state index in [1.807, 2.05) is 36.6 Å². The lowest BCUT2D eigenvalue weighted by Gasteiger charge is -2.16. The van der Waals surface area contributed by atoms with Crippen LogP contribution in [0.2, 0.25) is 0 Å². The molecule has 0 fully saturated rings. The SMILES string of the molecule is CSCCn1cc(-c2ccccc2)c(-c2cn(C)c(=O)c3c2cc(-c2cnn(C(F)(F)F)c2)n3S(=O)(=O)c2ccc(C)cc2)cc1=O. The highest BCUT2D eigenvalue weighted by atomic mass is 32.2. The first-order valence-corrected chi connectivity index (χ1v) is 17.1. The number of hydrogen-bond donors (Lipinski definition) is 0. The smallest absolute Gasteiger partial charge is 0.316 e. The Morgan fingerprint density at radius 3 is 2.21 bits per heavy atom. The molecule has 6 aromatic rings.